The van der Waals surface area contributed by atoms with Crippen LogP contribution in [0.15, 0.2) is 24.3 Å². The molecule has 1 saturated heterocycles. The normalized spacial score (nSPS) is 23.5. The number of rotatable bonds is 4. The van der Waals surface area contributed by atoms with Crippen molar-refractivity contribution in [3.8, 4) is 0 Å². The third-order valence-electron chi connectivity index (χ3n) is 5.55. The van der Waals surface area contributed by atoms with Gasteiger partial charge in [0.05, 0.1) is 0 Å². The van der Waals surface area contributed by atoms with Crippen LogP contribution in [-0.4, -0.2) is 49.6 Å². The van der Waals surface area contributed by atoms with E-state index in [9.17, 15) is 0 Å². The molecule has 1 atom stereocenters. The van der Waals surface area contributed by atoms with Crippen LogP contribution in [0.3, 0.4) is 0 Å². The summed E-state index contributed by atoms with van der Waals surface area (Å²) in [6, 6.07) is 8.62. The van der Waals surface area contributed by atoms with Gasteiger partial charge in [-0.25, -0.2) is 0 Å². The van der Waals surface area contributed by atoms with Gasteiger partial charge in [0.1, 0.15) is 0 Å². The van der Waals surface area contributed by atoms with Crippen LogP contribution in [-0.2, 0) is 0 Å². The predicted molar refractivity (Wildman–Crippen MR) is 94.7 cm³/mol. The van der Waals surface area contributed by atoms with Crippen molar-refractivity contribution in [1.82, 2.24) is 9.80 Å². The van der Waals surface area contributed by atoms with Crippen molar-refractivity contribution in [2.45, 2.75) is 38.0 Å². The van der Waals surface area contributed by atoms with E-state index in [2.05, 4.69) is 35.0 Å². The second-order valence-corrected chi connectivity index (χ2v) is 7.60. The number of nitrogens with zero attached hydrogens (tertiary/aromatic N) is 2. The minimum atomic E-state index is 0.655. The molecule has 0 radical (unpaired) electrons. The molecule has 3 heteroatoms. The molecule has 122 valence electrons. The molecular weight excluding hydrogens is 292 g/mol. The molecule has 0 N–H and O–H groups in total. The molecule has 1 aromatic rings. The van der Waals surface area contributed by atoms with E-state index in [0.717, 1.165) is 10.9 Å². The summed E-state index contributed by atoms with van der Waals surface area (Å²) in [5, 5.41) is 0.886. The van der Waals surface area contributed by atoms with Crippen LogP contribution in [0.5, 0.6) is 0 Å². The fourth-order valence-electron chi connectivity index (χ4n) is 4.11. The number of halogens is 1. The third-order valence-corrected chi connectivity index (χ3v) is 5.78. The molecule has 0 amide bonds. The van der Waals surface area contributed by atoms with Gasteiger partial charge in [0.15, 0.2) is 0 Å². The summed E-state index contributed by atoms with van der Waals surface area (Å²) >= 11 is 6.27. The Labute approximate surface area is 140 Å². The van der Waals surface area contributed by atoms with E-state index in [4.69, 9.17) is 11.6 Å². The molecule has 0 spiro atoms. The molecule has 22 heavy (non-hydrogen) atoms. The van der Waals surface area contributed by atoms with Gasteiger partial charge >= 0.3 is 0 Å². The van der Waals surface area contributed by atoms with Crippen LogP contribution in [0.2, 0.25) is 5.02 Å². The van der Waals surface area contributed by atoms with Gasteiger partial charge in [0.25, 0.3) is 0 Å². The molecule has 2 aliphatic rings. The maximum absolute atomic E-state index is 6.27. The van der Waals surface area contributed by atoms with Crippen LogP contribution < -0.4 is 0 Å². The Morgan fingerprint density at radius 3 is 2.50 bits per heavy atom. The average molecular weight is 321 g/mol. The molecule has 1 heterocycles. The summed E-state index contributed by atoms with van der Waals surface area (Å²) in [7, 11) is 2.23. The standard InChI is InChI=1S/C19H29ClN2/c1-21-10-12-22(13-11-21)15-19(16-6-3-2-4-7-16)17-8-5-9-18(20)14-17/h5,8-9,14,16,19H,2-4,6-7,10-13,15H2,1H3. The van der Waals surface area contributed by atoms with Crippen LogP contribution in [0, 0.1) is 5.92 Å². The monoisotopic (exact) mass is 320 g/mol. The van der Waals surface area contributed by atoms with E-state index in [1.54, 1.807) is 0 Å². The Morgan fingerprint density at radius 1 is 1.09 bits per heavy atom. The minimum absolute atomic E-state index is 0.655. The molecule has 1 aliphatic heterocycles. The number of likely N-dealkylation sites (N-methyl/N-ethyl adjacent to an activating group) is 1. The molecule has 1 unspecified atom stereocenters. The van der Waals surface area contributed by atoms with Crippen molar-refractivity contribution >= 4 is 11.6 Å². The van der Waals surface area contributed by atoms with E-state index in [1.807, 2.05) is 6.07 Å². The Kier molecular flexibility index (Phi) is 5.78. The molecule has 3 rings (SSSR count). The topological polar surface area (TPSA) is 6.48 Å². The van der Waals surface area contributed by atoms with Crippen molar-refractivity contribution in [3.05, 3.63) is 34.9 Å². The zero-order valence-electron chi connectivity index (χ0n) is 13.8. The SMILES string of the molecule is CN1CCN(CC(c2cccc(Cl)c2)C2CCCCC2)CC1. The second-order valence-electron chi connectivity index (χ2n) is 7.16. The fourth-order valence-corrected chi connectivity index (χ4v) is 4.31. The van der Waals surface area contributed by atoms with Crippen molar-refractivity contribution in [3.63, 3.8) is 0 Å². The van der Waals surface area contributed by atoms with Crippen molar-refractivity contribution < 1.29 is 0 Å². The average Bonchev–Trinajstić information content (AvgIpc) is 2.55. The van der Waals surface area contributed by atoms with Gasteiger partial charge in [0.2, 0.25) is 0 Å². The van der Waals surface area contributed by atoms with Gasteiger partial charge in [0, 0.05) is 37.7 Å². The van der Waals surface area contributed by atoms with Crippen LogP contribution in [0.4, 0.5) is 0 Å². The lowest BCUT2D eigenvalue weighted by molar-refractivity contribution is 0.131. The highest BCUT2D eigenvalue weighted by atomic mass is 35.5. The van der Waals surface area contributed by atoms with Crippen LogP contribution in [0.1, 0.15) is 43.6 Å². The van der Waals surface area contributed by atoms with Gasteiger partial charge in [-0.15, -0.1) is 0 Å². The summed E-state index contributed by atoms with van der Waals surface area (Å²) in [6.45, 7) is 6.03. The largest absolute Gasteiger partial charge is 0.304 e. The first kappa shape index (κ1) is 16.3. The lowest BCUT2D eigenvalue weighted by Crippen LogP contribution is -2.46. The first-order valence-electron chi connectivity index (χ1n) is 8.89. The summed E-state index contributed by atoms with van der Waals surface area (Å²) in [4.78, 5) is 5.10. The Morgan fingerprint density at radius 2 is 1.82 bits per heavy atom. The Hall–Kier alpha value is -0.570. The number of piperazine rings is 1. The second kappa shape index (κ2) is 7.81. The smallest absolute Gasteiger partial charge is 0.0408 e. The lowest BCUT2D eigenvalue weighted by atomic mass is 9.76. The molecule has 2 fully saturated rings. The maximum atomic E-state index is 6.27. The fraction of sp³-hybridized carbons (Fsp3) is 0.684. The zero-order chi connectivity index (χ0) is 15.4. The highest BCUT2D eigenvalue weighted by molar-refractivity contribution is 6.30. The van der Waals surface area contributed by atoms with E-state index in [1.165, 1.54) is 70.4 Å². The van der Waals surface area contributed by atoms with Gasteiger partial charge in [-0.3, -0.25) is 0 Å². The highest BCUT2D eigenvalue weighted by Gasteiger charge is 2.28. The number of hydrogen-bond donors (Lipinski definition) is 0. The number of benzene rings is 1. The summed E-state index contributed by atoms with van der Waals surface area (Å²) in [5.74, 6) is 1.49. The van der Waals surface area contributed by atoms with E-state index < -0.39 is 0 Å². The maximum Gasteiger partial charge on any atom is 0.0408 e. The van der Waals surface area contributed by atoms with Crippen molar-refractivity contribution in [2.24, 2.45) is 5.92 Å². The highest BCUT2D eigenvalue weighted by Crippen LogP contribution is 2.37. The first-order valence-corrected chi connectivity index (χ1v) is 9.26. The molecule has 1 aliphatic carbocycles. The molecule has 2 nitrogen and oxygen atoms in total. The summed E-state index contributed by atoms with van der Waals surface area (Å²) in [6.07, 6.45) is 7.03. The van der Waals surface area contributed by atoms with Gasteiger partial charge in [-0.05, 0) is 49.4 Å². The van der Waals surface area contributed by atoms with E-state index >= 15 is 0 Å². The van der Waals surface area contributed by atoms with Crippen molar-refractivity contribution in [2.75, 3.05) is 39.8 Å². The Bertz CT molecular complexity index is 462. The summed E-state index contributed by atoms with van der Waals surface area (Å²) in [5.41, 5.74) is 1.46. The van der Waals surface area contributed by atoms with E-state index in [-0.39, 0.29) is 0 Å². The predicted octanol–water partition coefficient (Wildman–Crippen LogP) is 4.25. The summed E-state index contributed by atoms with van der Waals surface area (Å²) < 4.78 is 0. The van der Waals surface area contributed by atoms with Gasteiger partial charge in [-0.2, -0.15) is 0 Å². The van der Waals surface area contributed by atoms with Crippen molar-refractivity contribution in [1.29, 1.82) is 0 Å². The number of hydrogen-bond acceptors (Lipinski definition) is 2. The zero-order valence-corrected chi connectivity index (χ0v) is 14.6. The van der Waals surface area contributed by atoms with Gasteiger partial charge < -0.3 is 9.80 Å². The Balaban J connectivity index is 1.73. The van der Waals surface area contributed by atoms with Crippen LogP contribution in [0.25, 0.3) is 0 Å². The van der Waals surface area contributed by atoms with Gasteiger partial charge in [-0.1, -0.05) is 43.0 Å². The first-order chi connectivity index (χ1) is 10.7. The molecule has 1 aromatic carbocycles. The quantitative estimate of drug-likeness (QED) is 0.818. The van der Waals surface area contributed by atoms with Crippen LogP contribution >= 0.6 is 11.6 Å². The molecular formula is C19H29ClN2. The molecule has 0 aromatic heterocycles. The minimum Gasteiger partial charge on any atom is -0.304 e. The van der Waals surface area contributed by atoms with E-state index in [0.29, 0.717) is 5.92 Å². The third kappa shape index (κ3) is 4.24. The lowest BCUT2D eigenvalue weighted by Gasteiger charge is -2.38. The molecule has 1 saturated carbocycles. The molecule has 0 bridgehead atoms.